The van der Waals surface area contributed by atoms with Gasteiger partial charge in [0.2, 0.25) is 0 Å². The van der Waals surface area contributed by atoms with Gasteiger partial charge in [0.05, 0.1) is 0 Å². The summed E-state index contributed by atoms with van der Waals surface area (Å²) >= 11 is 0. The fraction of sp³-hybridized carbons (Fsp3) is 0.429. The predicted octanol–water partition coefficient (Wildman–Crippen LogP) is 6.62. The quantitative estimate of drug-likeness (QED) is 0.500. The van der Waals surface area contributed by atoms with Crippen molar-refractivity contribution in [3.63, 3.8) is 0 Å². The number of piperidine rings is 1. The predicted molar refractivity (Wildman–Crippen MR) is 123 cm³/mol. The fourth-order valence-electron chi connectivity index (χ4n) is 7.61. The van der Waals surface area contributed by atoms with Crippen LogP contribution in [0.4, 0.5) is 5.69 Å². The zero-order valence-corrected chi connectivity index (χ0v) is 17.5. The molecule has 3 atom stereocenters. The normalized spacial score (nSPS) is 29.0. The monoisotopic (exact) mass is 395 g/mol. The van der Waals surface area contributed by atoms with E-state index in [9.17, 15) is 5.11 Å². The molecule has 3 fully saturated rings. The topological polar surface area (TPSA) is 23.5 Å². The highest BCUT2D eigenvalue weighted by Crippen LogP contribution is 2.66. The summed E-state index contributed by atoms with van der Waals surface area (Å²) in [6.45, 7) is 2.26. The molecule has 0 radical (unpaired) electrons. The summed E-state index contributed by atoms with van der Waals surface area (Å²) in [4.78, 5) is 2.49. The van der Waals surface area contributed by atoms with Crippen LogP contribution in [0.15, 0.2) is 48.5 Å². The van der Waals surface area contributed by atoms with Gasteiger partial charge < -0.3 is 10.0 Å². The molecule has 152 valence electrons. The molecule has 1 saturated heterocycles. The van der Waals surface area contributed by atoms with Crippen molar-refractivity contribution in [1.29, 1.82) is 0 Å². The van der Waals surface area contributed by atoms with E-state index in [4.69, 9.17) is 0 Å². The van der Waals surface area contributed by atoms with Gasteiger partial charge in [0, 0.05) is 29.6 Å². The van der Waals surface area contributed by atoms with Gasteiger partial charge in [-0.2, -0.15) is 0 Å². The molecule has 0 amide bonds. The lowest BCUT2D eigenvalue weighted by atomic mass is 9.66. The third kappa shape index (κ3) is 2.10. The van der Waals surface area contributed by atoms with Crippen LogP contribution in [0.2, 0.25) is 0 Å². The number of fused-ring (bicyclic) bond motifs is 10. The Morgan fingerprint density at radius 2 is 1.73 bits per heavy atom. The maximum absolute atomic E-state index is 11.2. The molecule has 1 spiro atoms. The van der Waals surface area contributed by atoms with E-state index in [2.05, 4.69) is 53.4 Å². The highest BCUT2D eigenvalue weighted by atomic mass is 16.3. The van der Waals surface area contributed by atoms with Crippen LogP contribution in [0.1, 0.15) is 56.1 Å². The average molecular weight is 396 g/mol. The van der Waals surface area contributed by atoms with Crippen LogP contribution in [0, 0.1) is 11.8 Å². The summed E-state index contributed by atoms with van der Waals surface area (Å²) in [5.74, 6) is 2.06. The van der Waals surface area contributed by atoms with E-state index in [-0.39, 0.29) is 5.41 Å². The lowest BCUT2D eigenvalue weighted by molar-refractivity contribution is 0.326. The van der Waals surface area contributed by atoms with Gasteiger partial charge in [-0.3, -0.25) is 0 Å². The van der Waals surface area contributed by atoms with Crippen molar-refractivity contribution in [2.45, 2.75) is 50.4 Å². The zero-order valence-electron chi connectivity index (χ0n) is 17.5. The Hall–Kier alpha value is -2.48. The van der Waals surface area contributed by atoms with Crippen molar-refractivity contribution >= 4 is 16.5 Å². The van der Waals surface area contributed by atoms with E-state index in [0.29, 0.717) is 5.75 Å². The SMILES string of the molecule is Oc1cc2c(c3ccc(N4CCCCC4)cc13)-c1ccccc1C21CC2CCC1C2. The van der Waals surface area contributed by atoms with Crippen LogP contribution in [-0.2, 0) is 5.41 Å². The second-order valence-electron chi connectivity index (χ2n) is 10.2. The maximum atomic E-state index is 11.2. The van der Waals surface area contributed by atoms with Gasteiger partial charge in [-0.1, -0.05) is 36.8 Å². The summed E-state index contributed by atoms with van der Waals surface area (Å²) in [5, 5.41) is 13.5. The van der Waals surface area contributed by atoms with Gasteiger partial charge in [-0.05, 0) is 96.2 Å². The number of hydrogen-bond acceptors (Lipinski definition) is 2. The van der Waals surface area contributed by atoms with Gasteiger partial charge in [0.25, 0.3) is 0 Å². The fourth-order valence-corrected chi connectivity index (χ4v) is 7.61. The van der Waals surface area contributed by atoms with Crippen molar-refractivity contribution in [3.05, 3.63) is 59.7 Å². The molecule has 3 aromatic carbocycles. The molecule has 3 aromatic rings. The molecule has 2 heteroatoms. The highest BCUT2D eigenvalue weighted by molar-refractivity contribution is 6.06. The number of phenolic OH excluding ortho intramolecular Hbond substituents is 1. The molecule has 30 heavy (non-hydrogen) atoms. The second-order valence-corrected chi connectivity index (χ2v) is 10.2. The van der Waals surface area contributed by atoms with Crippen LogP contribution >= 0.6 is 0 Å². The van der Waals surface area contributed by atoms with Crippen LogP contribution in [0.5, 0.6) is 5.75 Å². The van der Waals surface area contributed by atoms with Crippen LogP contribution < -0.4 is 4.90 Å². The second kappa shape index (κ2) is 6.03. The van der Waals surface area contributed by atoms with E-state index in [1.807, 2.05) is 0 Å². The molecule has 3 unspecified atom stereocenters. The maximum Gasteiger partial charge on any atom is 0.123 e. The first-order valence-electron chi connectivity index (χ1n) is 11.9. The Kier molecular flexibility index (Phi) is 3.46. The third-order valence-corrected chi connectivity index (χ3v) is 8.83. The van der Waals surface area contributed by atoms with Crippen LogP contribution in [0.3, 0.4) is 0 Å². The molecule has 2 nitrogen and oxygen atoms in total. The number of hydrogen-bond donors (Lipinski definition) is 1. The number of benzene rings is 3. The van der Waals surface area contributed by atoms with E-state index < -0.39 is 0 Å². The number of nitrogens with zero attached hydrogens (tertiary/aromatic N) is 1. The largest absolute Gasteiger partial charge is 0.507 e. The van der Waals surface area contributed by atoms with Crippen LogP contribution in [-0.4, -0.2) is 18.2 Å². The third-order valence-electron chi connectivity index (χ3n) is 8.83. The van der Waals surface area contributed by atoms with E-state index in [1.54, 1.807) is 0 Å². The number of aromatic hydroxyl groups is 1. The Morgan fingerprint density at radius 1 is 0.867 bits per heavy atom. The van der Waals surface area contributed by atoms with E-state index >= 15 is 0 Å². The molecular weight excluding hydrogens is 366 g/mol. The summed E-state index contributed by atoms with van der Waals surface area (Å²) < 4.78 is 0. The molecule has 1 aliphatic heterocycles. The molecule has 4 aliphatic rings. The molecule has 2 saturated carbocycles. The van der Waals surface area contributed by atoms with Gasteiger partial charge in [-0.25, -0.2) is 0 Å². The summed E-state index contributed by atoms with van der Waals surface area (Å²) in [6, 6.07) is 18.1. The standard InChI is InChI=1S/C28H29NO/c30-26-16-25-27(21-11-10-20(15-23(21)26)29-12-4-1-5-13-29)22-6-2-3-7-24(22)28(25)17-18-8-9-19(28)14-18/h2-3,6-7,10-11,15-16,18-19,30H,1,4-5,8-9,12-14,17H2. The Labute approximate surface area is 178 Å². The lowest BCUT2D eigenvalue weighted by Gasteiger charge is -2.36. The molecule has 0 aromatic heterocycles. The van der Waals surface area contributed by atoms with Crippen molar-refractivity contribution in [2.24, 2.45) is 11.8 Å². The molecule has 1 N–H and O–H groups in total. The summed E-state index contributed by atoms with van der Waals surface area (Å²) in [7, 11) is 0. The lowest BCUT2D eigenvalue weighted by Crippen LogP contribution is -2.31. The van der Waals surface area contributed by atoms with Crippen molar-refractivity contribution in [3.8, 4) is 16.9 Å². The van der Waals surface area contributed by atoms with Crippen molar-refractivity contribution in [1.82, 2.24) is 0 Å². The Morgan fingerprint density at radius 3 is 2.53 bits per heavy atom. The molecule has 7 rings (SSSR count). The smallest absolute Gasteiger partial charge is 0.123 e. The highest BCUT2D eigenvalue weighted by Gasteiger charge is 2.57. The first-order valence-corrected chi connectivity index (χ1v) is 11.9. The van der Waals surface area contributed by atoms with Gasteiger partial charge >= 0.3 is 0 Å². The Balaban J connectivity index is 1.48. The minimum absolute atomic E-state index is 0.131. The molecular formula is C28H29NO. The number of rotatable bonds is 1. The number of anilines is 1. The zero-order chi connectivity index (χ0) is 19.9. The average Bonchev–Trinajstić information content (AvgIpc) is 3.48. The first kappa shape index (κ1) is 17.2. The Bertz CT molecular complexity index is 1170. The van der Waals surface area contributed by atoms with E-state index in [0.717, 1.165) is 30.3 Å². The van der Waals surface area contributed by atoms with Gasteiger partial charge in [-0.15, -0.1) is 0 Å². The van der Waals surface area contributed by atoms with Gasteiger partial charge in [0.15, 0.2) is 0 Å². The van der Waals surface area contributed by atoms with E-state index in [1.165, 1.54) is 78.3 Å². The van der Waals surface area contributed by atoms with Crippen LogP contribution in [0.25, 0.3) is 21.9 Å². The summed E-state index contributed by atoms with van der Waals surface area (Å²) in [6.07, 6.45) is 9.23. The van der Waals surface area contributed by atoms with Crippen molar-refractivity contribution < 1.29 is 5.11 Å². The summed E-state index contributed by atoms with van der Waals surface area (Å²) in [5.41, 5.74) is 7.14. The molecule has 2 bridgehead atoms. The van der Waals surface area contributed by atoms with Crippen molar-refractivity contribution in [2.75, 3.05) is 18.0 Å². The van der Waals surface area contributed by atoms with Gasteiger partial charge in [0.1, 0.15) is 5.75 Å². The minimum atomic E-state index is 0.131. The number of phenols is 1. The minimum Gasteiger partial charge on any atom is -0.507 e. The molecule has 3 aliphatic carbocycles. The molecule has 1 heterocycles. The first-order chi connectivity index (χ1) is 14.8.